The highest BCUT2D eigenvalue weighted by atomic mass is 16.2. The van der Waals surface area contributed by atoms with Gasteiger partial charge < -0.3 is 16.0 Å². The molecule has 3 amide bonds. The quantitative estimate of drug-likeness (QED) is 0.538. The normalized spacial score (nSPS) is 10.6. The Morgan fingerprint density at radius 1 is 0.967 bits per heavy atom. The molecule has 0 atom stereocenters. The maximum atomic E-state index is 12.1. The lowest BCUT2D eigenvalue weighted by atomic mass is 10.1. The van der Waals surface area contributed by atoms with Gasteiger partial charge in [-0.25, -0.2) is 4.79 Å². The second-order valence-corrected chi connectivity index (χ2v) is 7.31. The first-order valence-electron chi connectivity index (χ1n) is 9.98. The number of amides is 3. The average molecular weight is 406 g/mol. The minimum Gasteiger partial charge on any atom is -0.352 e. The van der Waals surface area contributed by atoms with Crippen LogP contribution in [-0.4, -0.2) is 34.3 Å². The largest absolute Gasteiger partial charge is 0.352 e. The van der Waals surface area contributed by atoms with E-state index in [0.717, 1.165) is 22.4 Å². The predicted octanol–water partition coefficient (Wildman–Crippen LogP) is 2.92. The van der Waals surface area contributed by atoms with Crippen LogP contribution in [0.3, 0.4) is 0 Å². The number of carbonyl (C=O) groups is 2. The molecule has 7 nitrogen and oxygen atoms in total. The molecule has 0 unspecified atom stereocenters. The second-order valence-electron chi connectivity index (χ2n) is 7.31. The van der Waals surface area contributed by atoms with Gasteiger partial charge >= 0.3 is 6.03 Å². The van der Waals surface area contributed by atoms with Crippen LogP contribution in [0.5, 0.6) is 0 Å². The van der Waals surface area contributed by atoms with Crippen LogP contribution in [0.25, 0.3) is 11.3 Å². The summed E-state index contributed by atoms with van der Waals surface area (Å²) in [6.45, 7) is 4.62. The monoisotopic (exact) mass is 405 g/mol. The second kappa shape index (κ2) is 10.2. The molecule has 0 bridgehead atoms. The zero-order valence-corrected chi connectivity index (χ0v) is 17.3. The van der Waals surface area contributed by atoms with E-state index in [0.29, 0.717) is 13.1 Å². The van der Waals surface area contributed by atoms with Crippen LogP contribution >= 0.6 is 0 Å². The fraction of sp³-hybridized carbons (Fsp3) is 0.261. The first kappa shape index (κ1) is 21.1. The number of urea groups is 1. The Labute approximate surface area is 176 Å². The summed E-state index contributed by atoms with van der Waals surface area (Å²) < 4.78 is 1.88. The van der Waals surface area contributed by atoms with Gasteiger partial charge in [-0.1, -0.05) is 60.7 Å². The van der Waals surface area contributed by atoms with E-state index in [-0.39, 0.29) is 18.5 Å². The van der Waals surface area contributed by atoms with E-state index in [1.54, 1.807) is 0 Å². The van der Waals surface area contributed by atoms with Gasteiger partial charge in [-0.05, 0) is 19.4 Å². The van der Waals surface area contributed by atoms with Crippen LogP contribution in [0.2, 0.25) is 0 Å². The lowest BCUT2D eigenvalue weighted by molar-refractivity contribution is -0.120. The topological polar surface area (TPSA) is 88.0 Å². The van der Waals surface area contributed by atoms with Crippen LogP contribution in [0, 0.1) is 0 Å². The fourth-order valence-electron chi connectivity index (χ4n) is 3.05. The Morgan fingerprint density at radius 3 is 2.30 bits per heavy atom. The van der Waals surface area contributed by atoms with Crippen LogP contribution in [0.4, 0.5) is 4.79 Å². The highest BCUT2D eigenvalue weighted by molar-refractivity contribution is 5.84. The summed E-state index contributed by atoms with van der Waals surface area (Å²) in [5.74, 6) is -0.221. The average Bonchev–Trinajstić information content (AvgIpc) is 3.14. The Hall–Kier alpha value is -3.61. The minimum absolute atomic E-state index is 0.0336. The highest BCUT2D eigenvalue weighted by Crippen LogP contribution is 2.22. The van der Waals surface area contributed by atoms with Gasteiger partial charge in [-0.2, -0.15) is 5.10 Å². The third-order valence-corrected chi connectivity index (χ3v) is 4.37. The van der Waals surface area contributed by atoms with Crippen molar-refractivity contribution in [3.05, 3.63) is 78.0 Å². The van der Waals surface area contributed by atoms with Crippen LogP contribution < -0.4 is 16.0 Å². The van der Waals surface area contributed by atoms with Gasteiger partial charge in [0, 0.05) is 29.9 Å². The van der Waals surface area contributed by atoms with Gasteiger partial charge in [-0.3, -0.25) is 9.48 Å². The number of carbonyl (C=O) groups excluding carboxylic acids is 2. The van der Waals surface area contributed by atoms with Crippen LogP contribution in [0.15, 0.2) is 66.9 Å². The van der Waals surface area contributed by atoms with E-state index >= 15 is 0 Å². The zero-order chi connectivity index (χ0) is 21.3. The third-order valence-electron chi connectivity index (χ3n) is 4.37. The first-order chi connectivity index (χ1) is 14.5. The fourth-order valence-corrected chi connectivity index (χ4v) is 3.05. The van der Waals surface area contributed by atoms with Gasteiger partial charge in [0.25, 0.3) is 0 Å². The van der Waals surface area contributed by atoms with E-state index in [9.17, 15) is 9.59 Å². The molecule has 0 saturated carbocycles. The molecule has 0 spiro atoms. The smallest absolute Gasteiger partial charge is 0.315 e. The lowest BCUT2D eigenvalue weighted by Crippen LogP contribution is -2.43. The molecular weight excluding hydrogens is 378 g/mol. The third kappa shape index (κ3) is 6.20. The van der Waals surface area contributed by atoms with Crippen molar-refractivity contribution in [1.82, 2.24) is 25.7 Å². The molecule has 3 rings (SSSR count). The number of rotatable bonds is 8. The van der Waals surface area contributed by atoms with Gasteiger partial charge in [0.2, 0.25) is 5.91 Å². The molecule has 3 N–H and O–H groups in total. The van der Waals surface area contributed by atoms with E-state index in [1.165, 1.54) is 0 Å². The van der Waals surface area contributed by atoms with Crippen molar-refractivity contribution < 1.29 is 9.59 Å². The maximum absolute atomic E-state index is 12.1. The number of hydrogen-bond donors (Lipinski definition) is 3. The van der Waals surface area contributed by atoms with Gasteiger partial charge in [-0.15, -0.1) is 0 Å². The molecule has 0 aliphatic carbocycles. The van der Waals surface area contributed by atoms with Crippen molar-refractivity contribution in [2.24, 2.45) is 0 Å². The lowest BCUT2D eigenvalue weighted by Gasteiger charge is -2.10. The van der Waals surface area contributed by atoms with Gasteiger partial charge in [0.1, 0.15) is 0 Å². The predicted molar refractivity (Wildman–Crippen MR) is 117 cm³/mol. The Morgan fingerprint density at radius 2 is 1.63 bits per heavy atom. The molecular formula is C23H27N5O2. The van der Waals surface area contributed by atoms with Crippen molar-refractivity contribution in [3.63, 3.8) is 0 Å². The summed E-state index contributed by atoms with van der Waals surface area (Å²) >= 11 is 0. The number of hydrogen-bond acceptors (Lipinski definition) is 3. The summed E-state index contributed by atoms with van der Waals surface area (Å²) in [5, 5.41) is 12.9. The number of benzene rings is 2. The SMILES string of the molecule is CC(C)NC(=O)CNC(=O)NCc1cn(Cc2ccccc2)nc1-c1ccccc1. The molecule has 1 heterocycles. The zero-order valence-electron chi connectivity index (χ0n) is 17.3. The summed E-state index contributed by atoms with van der Waals surface area (Å²) in [7, 11) is 0. The standard InChI is InChI=1S/C23H27N5O2/c1-17(2)26-21(29)14-25-23(30)24-13-20-16-28(15-18-9-5-3-6-10-18)27-22(20)19-11-7-4-8-12-19/h3-12,16-17H,13-15H2,1-2H3,(H,26,29)(H2,24,25,30). The van der Waals surface area contributed by atoms with E-state index < -0.39 is 6.03 Å². The van der Waals surface area contributed by atoms with Crippen molar-refractivity contribution in [2.45, 2.75) is 33.0 Å². The summed E-state index contributed by atoms with van der Waals surface area (Å²) in [5.41, 5.74) is 3.86. The summed E-state index contributed by atoms with van der Waals surface area (Å²) in [6.07, 6.45) is 1.95. The molecule has 156 valence electrons. The molecule has 0 saturated heterocycles. The molecule has 0 aliphatic heterocycles. The molecule has 0 radical (unpaired) electrons. The van der Waals surface area contributed by atoms with Gasteiger partial charge in [0.15, 0.2) is 0 Å². The van der Waals surface area contributed by atoms with Crippen molar-refractivity contribution in [3.8, 4) is 11.3 Å². The van der Waals surface area contributed by atoms with Crippen molar-refractivity contribution in [2.75, 3.05) is 6.54 Å². The molecule has 30 heavy (non-hydrogen) atoms. The maximum Gasteiger partial charge on any atom is 0.315 e. The molecule has 3 aromatic rings. The van der Waals surface area contributed by atoms with E-state index in [2.05, 4.69) is 28.1 Å². The molecule has 0 aliphatic rings. The van der Waals surface area contributed by atoms with E-state index in [4.69, 9.17) is 5.10 Å². The summed E-state index contributed by atoms with van der Waals surface area (Å²) in [4.78, 5) is 23.8. The molecule has 1 aromatic heterocycles. The Bertz CT molecular complexity index is 968. The minimum atomic E-state index is -0.399. The molecule has 0 fully saturated rings. The number of nitrogens with zero attached hydrogens (tertiary/aromatic N) is 2. The highest BCUT2D eigenvalue weighted by Gasteiger charge is 2.13. The molecule has 7 heteroatoms. The summed E-state index contributed by atoms with van der Waals surface area (Å²) in [6, 6.07) is 19.6. The van der Waals surface area contributed by atoms with Crippen LogP contribution in [-0.2, 0) is 17.9 Å². The Balaban J connectivity index is 1.68. The van der Waals surface area contributed by atoms with Gasteiger partial charge in [0.05, 0.1) is 18.8 Å². The molecule has 2 aromatic carbocycles. The van der Waals surface area contributed by atoms with Crippen molar-refractivity contribution in [1.29, 1.82) is 0 Å². The van der Waals surface area contributed by atoms with Crippen molar-refractivity contribution >= 4 is 11.9 Å². The van der Waals surface area contributed by atoms with E-state index in [1.807, 2.05) is 73.3 Å². The number of nitrogens with one attached hydrogen (secondary N) is 3. The number of aromatic nitrogens is 2. The Kier molecular flexibility index (Phi) is 7.21. The van der Waals surface area contributed by atoms with Crippen LogP contribution in [0.1, 0.15) is 25.0 Å². The first-order valence-corrected chi connectivity index (χ1v) is 9.98.